The van der Waals surface area contributed by atoms with Crippen LogP contribution in [0.2, 0.25) is 0 Å². The van der Waals surface area contributed by atoms with Gasteiger partial charge in [0.25, 0.3) is 0 Å². The van der Waals surface area contributed by atoms with Crippen molar-refractivity contribution in [2.75, 3.05) is 22.6 Å². The second-order valence-corrected chi connectivity index (χ2v) is 11.0. The summed E-state index contributed by atoms with van der Waals surface area (Å²) in [5.41, 5.74) is 0.493. The maximum absolute atomic E-state index is 13.0. The van der Waals surface area contributed by atoms with E-state index >= 15 is 0 Å². The Morgan fingerprint density at radius 3 is 2.49 bits per heavy atom. The molecule has 0 aliphatic heterocycles. The van der Waals surface area contributed by atoms with E-state index in [9.17, 15) is 30.8 Å². The summed E-state index contributed by atoms with van der Waals surface area (Å²) in [6, 6.07) is 13.5. The lowest BCUT2D eigenvalue weighted by Crippen LogP contribution is -2.12. The maximum Gasteiger partial charge on any atom is 0.416 e. The number of carbonyl (C=O) groups excluding carboxylic acids is 1. The number of hydrogen-bond donors (Lipinski definition) is 1. The van der Waals surface area contributed by atoms with Gasteiger partial charge in [0.05, 0.1) is 22.8 Å². The van der Waals surface area contributed by atoms with Crippen LogP contribution in [0.1, 0.15) is 16.7 Å². The Kier molecular flexibility index (Phi) is 9.65. The predicted molar refractivity (Wildman–Crippen MR) is 138 cm³/mol. The summed E-state index contributed by atoms with van der Waals surface area (Å²) in [6.45, 7) is 0. The van der Waals surface area contributed by atoms with Crippen molar-refractivity contribution in [1.29, 1.82) is 0 Å². The highest BCUT2D eigenvalue weighted by Crippen LogP contribution is 2.30. The molecule has 0 saturated carbocycles. The fourth-order valence-corrected chi connectivity index (χ4v) is 5.53. The molecule has 5 nitrogen and oxygen atoms in total. The molecule has 0 bridgehead atoms. The van der Waals surface area contributed by atoms with Crippen LogP contribution in [0.25, 0.3) is 12.2 Å². The average Bonchev–Trinajstić information content (AvgIpc) is 2.84. The summed E-state index contributed by atoms with van der Waals surface area (Å²) >= 11 is 1.15. The lowest BCUT2D eigenvalue weighted by atomic mass is 10.1. The first kappa shape index (κ1) is 28.1. The van der Waals surface area contributed by atoms with E-state index in [0.29, 0.717) is 16.3 Å². The van der Waals surface area contributed by atoms with Gasteiger partial charge in [0, 0.05) is 18.0 Å². The van der Waals surface area contributed by atoms with E-state index in [1.807, 2.05) is 0 Å². The van der Waals surface area contributed by atoms with Crippen LogP contribution in [0.4, 0.5) is 23.2 Å². The summed E-state index contributed by atoms with van der Waals surface area (Å²) in [7, 11) is -3.52. The number of sulfone groups is 1. The van der Waals surface area contributed by atoms with Gasteiger partial charge in [-0.15, -0.1) is 11.8 Å². The van der Waals surface area contributed by atoms with Gasteiger partial charge in [-0.3, -0.25) is 4.79 Å². The van der Waals surface area contributed by atoms with E-state index in [0.717, 1.165) is 23.9 Å². The third-order valence-corrected chi connectivity index (χ3v) is 7.63. The van der Waals surface area contributed by atoms with Gasteiger partial charge in [-0.05, 0) is 53.6 Å². The van der Waals surface area contributed by atoms with Gasteiger partial charge < -0.3 is 5.32 Å². The molecule has 0 aliphatic carbocycles. The van der Waals surface area contributed by atoms with E-state index in [4.69, 9.17) is 0 Å². The minimum Gasteiger partial charge on any atom is -0.320 e. The summed E-state index contributed by atoms with van der Waals surface area (Å²) in [5.74, 6) is -1.19. The fraction of sp³-hybridized carbons (Fsp3) is 0.154. The number of nitrogens with zero attached hydrogens (tertiary/aromatic N) is 1. The number of alkyl halides is 3. The van der Waals surface area contributed by atoms with Crippen molar-refractivity contribution in [3.63, 3.8) is 0 Å². The number of halogens is 4. The summed E-state index contributed by atoms with van der Waals surface area (Å²) in [4.78, 5) is 16.5. The number of hydrogen-bond acceptors (Lipinski definition) is 5. The largest absolute Gasteiger partial charge is 0.416 e. The van der Waals surface area contributed by atoms with Crippen molar-refractivity contribution in [1.82, 2.24) is 4.98 Å². The topological polar surface area (TPSA) is 76.1 Å². The fourth-order valence-electron chi connectivity index (χ4n) is 3.02. The van der Waals surface area contributed by atoms with Gasteiger partial charge in [-0.1, -0.05) is 36.4 Å². The van der Waals surface area contributed by atoms with Crippen molar-refractivity contribution in [2.45, 2.75) is 11.2 Å². The number of benzene rings is 2. The zero-order chi connectivity index (χ0) is 26.9. The smallest absolute Gasteiger partial charge is 0.320 e. The van der Waals surface area contributed by atoms with Gasteiger partial charge in [0.1, 0.15) is 10.8 Å². The van der Waals surface area contributed by atoms with E-state index < -0.39 is 27.5 Å². The van der Waals surface area contributed by atoms with Gasteiger partial charge >= 0.3 is 6.18 Å². The lowest BCUT2D eigenvalue weighted by Gasteiger charge is -2.08. The number of amides is 1. The van der Waals surface area contributed by atoms with Crippen LogP contribution in [0.15, 0.2) is 84.0 Å². The third-order valence-electron chi connectivity index (χ3n) is 4.83. The Morgan fingerprint density at radius 1 is 1.00 bits per heavy atom. The molecule has 3 aromatic rings. The highest BCUT2D eigenvalue weighted by molar-refractivity contribution is 8.00. The monoisotopic (exact) mass is 550 g/mol. The molecule has 1 aromatic heterocycles. The first-order chi connectivity index (χ1) is 17.5. The minimum atomic E-state index is -4.48. The number of nitrogens with one attached hydrogen (secondary N) is 1. The Hall–Kier alpha value is -3.44. The van der Waals surface area contributed by atoms with Crippen LogP contribution in [0.3, 0.4) is 0 Å². The van der Waals surface area contributed by atoms with E-state index in [-0.39, 0.29) is 28.6 Å². The van der Waals surface area contributed by atoms with E-state index in [1.54, 1.807) is 12.1 Å². The molecule has 2 aromatic carbocycles. The Morgan fingerprint density at radius 2 is 1.76 bits per heavy atom. The minimum absolute atomic E-state index is 0.158. The summed E-state index contributed by atoms with van der Waals surface area (Å²) < 4.78 is 76.2. The van der Waals surface area contributed by atoms with Crippen LogP contribution in [0.5, 0.6) is 0 Å². The zero-order valence-corrected chi connectivity index (χ0v) is 20.9. The summed E-state index contributed by atoms with van der Waals surface area (Å²) in [6.07, 6.45) is 2.50. The van der Waals surface area contributed by atoms with Gasteiger partial charge in [-0.2, -0.15) is 13.2 Å². The molecule has 1 N–H and O–H groups in total. The Balaban J connectivity index is 1.53. The molecule has 3 rings (SSSR count). The van der Waals surface area contributed by atoms with Crippen LogP contribution >= 0.6 is 11.8 Å². The Labute approximate surface area is 216 Å². The number of rotatable bonds is 10. The number of carbonyl (C=O) groups is 1. The molecule has 0 spiro atoms. The second-order valence-electron chi connectivity index (χ2n) is 7.72. The molecule has 0 saturated heterocycles. The van der Waals surface area contributed by atoms with Crippen LogP contribution in [-0.2, 0) is 20.8 Å². The van der Waals surface area contributed by atoms with Crippen molar-refractivity contribution in [2.24, 2.45) is 0 Å². The SMILES string of the molecule is O=C(/C=C/c1ccc(F)cc1)Nc1cccnc1SCCS(=O)(=O)CC=Cc1cccc(C(F)(F)F)c1. The maximum atomic E-state index is 13.0. The Bertz CT molecular complexity index is 1390. The standard InChI is InChI=1S/C26H22F4N2O3S2/c27-22-11-8-19(9-12-22)10-13-24(33)32-23-7-2-14-31-25(23)36-15-17-37(34,35)16-3-5-20-4-1-6-21(18-20)26(28,29)30/h1-14,18H,15-17H2,(H,32,33)/b5-3?,13-10+. The highest BCUT2D eigenvalue weighted by Gasteiger charge is 2.30. The predicted octanol–water partition coefficient (Wildman–Crippen LogP) is 6.11. The molecule has 1 amide bonds. The van der Waals surface area contributed by atoms with Crippen LogP contribution in [0, 0.1) is 5.82 Å². The quantitative estimate of drug-likeness (QED) is 0.187. The third kappa shape index (κ3) is 9.51. The highest BCUT2D eigenvalue weighted by atomic mass is 32.2. The average molecular weight is 551 g/mol. The van der Waals surface area contributed by atoms with Crippen LogP contribution in [-0.4, -0.2) is 36.6 Å². The number of pyridine rings is 1. The van der Waals surface area contributed by atoms with Crippen LogP contribution < -0.4 is 5.32 Å². The van der Waals surface area contributed by atoms with Gasteiger partial charge in [-0.25, -0.2) is 17.8 Å². The van der Waals surface area contributed by atoms with Crippen molar-refractivity contribution >= 4 is 45.3 Å². The molecule has 0 atom stereocenters. The molecule has 0 unspecified atom stereocenters. The summed E-state index contributed by atoms with van der Waals surface area (Å²) in [5, 5.41) is 3.11. The number of thioether (sulfide) groups is 1. The molecule has 11 heteroatoms. The first-order valence-electron chi connectivity index (χ1n) is 10.9. The molecule has 0 fully saturated rings. The van der Waals surface area contributed by atoms with E-state index in [2.05, 4.69) is 10.3 Å². The molecular weight excluding hydrogens is 528 g/mol. The first-order valence-corrected chi connectivity index (χ1v) is 13.7. The normalized spacial score (nSPS) is 12.3. The van der Waals surface area contributed by atoms with Crippen molar-refractivity contribution in [3.8, 4) is 0 Å². The van der Waals surface area contributed by atoms with Gasteiger partial charge in [0.15, 0.2) is 9.84 Å². The molecule has 0 aliphatic rings. The molecule has 194 valence electrons. The lowest BCUT2D eigenvalue weighted by molar-refractivity contribution is -0.137. The molecule has 37 heavy (non-hydrogen) atoms. The molecule has 1 heterocycles. The number of anilines is 1. The van der Waals surface area contributed by atoms with E-state index in [1.165, 1.54) is 66.9 Å². The molecular formula is C26H22F4N2O3S2. The van der Waals surface area contributed by atoms with Crippen molar-refractivity contribution in [3.05, 3.63) is 102 Å². The zero-order valence-electron chi connectivity index (χ0n) is 19.3. The second kappa shape index (κ2) is 12.7. The molecule has 0 radical (unpaired) electrons. The van der Waals surface area contributed by atoms with Crippen molar-refractivity contribution < 1.29 is 30.8 Å². The number of aromatic nitrogens is 1. The van der Waals surface area contributed by atoms with Gasteiger partial charge in [0.2, 0.25) is 5.91 Å².